The lowest BCUT2D eigenvalue weighted by Crippen LogP contribution is -2.14. The monoisotopic (exact) mass is 268 g/mol. The van der Waals surface area contributed by atoms with Crippen molar-refractivity contribution in [2.24, 2.45) is 11.3 Å². The van der Waals surface area contributed by atoms with Crippen LogP contribution in [0.3, 0.4) is 0 Å². The van der Waals surface area contributed by atoms with E-state index in [1.165, 1.54) is 19.2 Å². The highest BCUT2D eigenvalue weighted by Gasteiger charge is 2.21. The molecule has 19 heavy (non-hydrogen) atoms. The van der Waals surface area contributed by atoms with Crippen LogP contribution in [0.4, 0.5) is 4.39 Å². The number of aliphatic hydroxyl groups excluding tert-OH is 1. The first-order valence-corrected chi connectivity index (χ1v) is 6.74. The smallest absolute Gasteiger partial charge is 0.124 e. The Balaban J connectivity index is 2.77. The molecule has 2 unspecified atom stereocenters. The molecule has 0 saturated carbocycles. The third-order valence-corrected chi connectivity index (χ3v) is 3.14. The van der Waals surface area contributed by atoms with E-state index >= 15 is 0 Å². The molecule has 1 rings (SSSR count). The highest BCUT2D eigenvalue weighted by Crippen LogP contribution is 2.34. The fourth-order valence-corrected chi connectivity index (χ4v) is 2.60. The molecule has 0 aliphatic carbocycles. The molecular formula is C16H25FO2. The summed E-state index contributed by atoms with van der Waals surface area (Å²) in [5, 5.41) is 10.3. The van der Waals surface area contributed by atoms with Gasteiger partial charge in [0.1, 0.15) is 11.6 Å². The molecule has 0 radical (unpaired) electrons. The molecule has 0 amide bonds. The van der Waals surface area contributed by atoms with Crippen LogP contribution in [0.25, 0.3) is 0 Å². The van der Waals surface area contributed by atoms with Crippen LogP contribution in [0.15, 0.2) is 18.2 Å². The minimum Gasteiger partial charge on any atom is -0.496 e. The van der Waals surface area contributed by atoms with Gasteiger partial charge in [0.2, 0.25) is 0 Å². The van der Waals surface area contributed by atoms with Gasteiger partial charge in [-0.05, 0) is 42.4 Å². The van der Waals surface area contributed by atoms with Crippen molar-refractivity contribution in [3.63, 3.8) is 0 Å². The Labute approximate surface area is 115 Å². The summed E-state index contributed by atoms with van der Waals surface area (Å²) in [6.07, 6.45) is 0.932. The number of hydrogen-bond acceptors (Lipinski definition) is 2. The Morgan fingerprint density at radius 2 is 1.95 bits per heavy atom. The summed E-state index contributed by atoms with van der Waals surface area (Å²) in [5.41, 5.74) is 0.758. The lowest BCUT2D eigenvalue weighted by Gasteiger charge is -2.25. The Kier molecular flexibility index (Phi) is 5.36. The van der Waals surface area contributed by atoms with Gasteiger partial charge in [0, 0.05) is 5.56 Å². The quantitative estimate of drug-likeness (QED) is 0.861. The van der Waals surface area contributed by atoms with Crippen LogP contribution in [0, 0.1) is 17.2 Å². The molecule has 0 heterocycles. The third-order valence-electron chi connectivity index (χ3n) is 3.14. The van der Waals surface area contributed by atoms with Gasteiger partial charge in [0.25, 0.3) is 0 Å². The lowest BCUT2D eigenvalue weighted by molar-refractivity contribution is 0.130. The maximum absolute atomic E-state index is 13.3. The second-order valence-corrected chi connectivity index (χ2v) is 6.51. The molecule has 108 valence electrons. The minimum atomic E-state index is -0.692. The average molecular weight is 268 g/mol. The summed E-state index contributed by atoms with van der Waals surface area (Å²) in [6.45, 7) is 8.65. The normalized spacial score (nSPS) is 15.1. The first-order chi connectivity index (χ1) is 8.73. The van der Waals surface area contributed by atoms with E-state index < -0.39 is 6.10 Å². The molecule has 1 N–H and O–H groups in total. The van der Waals surface area contributed by atoms with E-state index in [1.54, 1.807) is 6.07 Å². The first kappa shape index (κ1) is 16.0. The van der Waals surface area contributed by atoms with Gasteiger partial charge in [-0.15, -0.1) is 0 Å². The summed E-state index contributed by atoms with van der Waals surface area (Å²) < 4.78 is 18.5. The summed E-state index contributed by atoms with van der Waals surface area (Å²) in [5.74, 6) is 0.554. The molecule has 0 aliphatic rings. The van der Waals surface area contributed by atoms with E-state index in [2.05, 4.69) is 27.7 Å². The average Bonchev–Trinajstić information content (AvgIpc) is 2.26. The van der Waals surface area contributed by atoms with Crippen molar-refractivity contribution < 1.29 is 14.2 Å². The molecule has 0 aliphatic heterocycles. The number of halogens is 1. The van der Waals surface area contributed by atoms with Crippen molar-refractivity contribution in [3.05, 3.63) is 29.6 Å². The van der Waals surface area contributed by atoms with E-state index in [4.69, 9.17) is 4.74 Å². The van der Waals surface area contributed by atoms with Crippen molar-refractivity contribution in [3.8, 4) is 5.75 Å². The number of methoxy groups -OCH3 is 1. The SMILES string of the molecule is COc1ccc(F)cc1C(O)CC(C)CC(C)(C)C. The van der Waals surface area contributed by atoms with Gasteiger partial charge in [-0.25, -0.2) is 4.39 Å². The number of benzene rings is 1. The number of rotatable bonds is 5. The molecule has 3 heteroatoms. The largest absolute Gasteiger partial charge is 0.496 e. The van der Waals surface area contributed by atoms with Crippen LogP contribution in [0.1, 0.15) is 52.2 Å². The fraction of sp³-hybridized carbons (Fsp3) is 0.625. The lowest BCUT2D eigenvalue weighted by atomic mass is 9.82. The van der Waals surface area contributed by atoms with E-state index in [-0.39, 0.29) is 11.2 Å². The molecule has 0 fully saturated rings. The van der Waals surface area contributed by atoms with Gasteiger partial charge in [0.15, 0.2) is 0 Å². The summed E-state index contributed by atoms with van der Waals surface area (Å²) >= 11 is 0. The zero-order valence-electron chi connectivity index (χ0n) is 12.5. The molecule has 1 aromatic rings. The molecule has 2 atom stereocenters. The van der Waals surface area contributed by atoms with E-state index in [1.807, 2.05) is 0 Å². The van der Waals surface area contributed by atoms with Crippen LogP contribution in [0.2, 0.25) is 0 Å². The van der Waals surface area contributed by atoms with Gasteiger partial charge in [-0.2, -0.15) is 0 Å². The second kappa shape index (κ2) is 6.38. The highest BCUT2D eigenvalue weighted by atomic mass is 19.1. The van der Waals surface area contributed by atoms with Crippen molar-refractivity contribution in [1.82, 2.24) is 0 Å². The Morgan fingerprint density at radius 1 is 1.32 bits per heavy atom. The molecule has 0 bridgehead atoms. The maximum atomic E-state index is 13.3. The zero-order chi connectivity index (χ0) is 14.6. The van der Waals surface area contributed by atoms with Gasteiger partial charge in [-0.3, -0.25) is 0 Å². The number of ether oxygens (including phenoxy) is 1. The molecular weight excluding hydrogens is 243 g/mol. The van der Waals surface area contributed by atoms with Crippen LogP contribution < -0.4 is 4.74 Å². The predicted octanol–water partition coefficient (Wildman–Crippen LogP) is 4.33. The first-order valence-electron chi connectivity index (χ1n) is 6.74. The van der Waals surface area contributed by atoms with Gasteiger partial charge >= 0.3 is 0 Å². The maximum Gasteiger partial charge on any atom is 0.124 e. The fourth-order valence-electron chi connectivity index (χ4n) is 2.60. The van der Waals surface area contributed by atoms with Gasteiger partial charge < -0.3 is 9.84 Å². The molecule has 0 spiro atoms. The number of hydrogen-bond donors (Lipinski definition) is 1. The van der Waals surface area contributed by atoms with Crippen LogP contribution >= 0.6 is 0 Å². The van der Waals surface area contributed by atoms with Crippen molar-refractivity contribution in [2.45, 2.75) is 46.6 Å². The van der Waals surface area contributed by atoms with E-state index in [0.29, 0.717) is 23.7 Å². The highest BCUT2D eigenvalue weighted by molar-refractivity contribution is 5.35. The van der Waals surface area contributed by atoms with Crippen LogP contribution in [0.5, 0.6) is 5.75 Å². The standard InChI is InChI=1S/C16H25FO2/c1-11(10-16(2,3)4)8-14(18)13-9-12(17)6-7-15(13)19-5/h6-7,9,11,14,18H,8,10H2,1-5H3. The summed E-state index contributed by atoms with van der Waals surface area (Å²) in [4.78, 5) is 0. The Bertz CT molecular complexity index is 410. The second-order valence-electron chi connectivity index (χ2n) is 6.51. The minimum absolute atomic E-state index is 0.227. The molecule has 1 aromatic carbocycles. The third kappa shape index (κ3) is 5.19. The van der Waals surface area contributed by atoms with Gasteiger partial charge in [0.05, 0.1) is 13.2 Å². The summed E-state index contributed by atoms with van der Waals surface area (Å²) in [6, 6.07) is 4.25. The number of aliphatic hydroxyl groups is 1. The van der Waals surface area contributed by atoms with Gasteiger partial charge in [-0.1, -0.05) is 27.7 Å². The Morgan fingerprint density at radius 3 is 2.47 bits per heavy atom. The van der Waals surface area contributed by atoms with Crippen LogP contribution in [-0.2, 0) is 0 Å². The molecule has 2 nitrogen and oxygen atoms in total. The van der Waals surface area contributed by atoms with Crippen molar-refractivity contribution in [1.29, 1.82) is 0 Å². The van der Waals surface area contributed by atoms with Crippen LogP contribution in [-0.4, -0.2) is 12.2 Å². The zero-order valence-corrected chi connectivity index (χ0v) is 12.5. The molecule has 0 aromatic heterocycles. The van der Waals surface area contributed by atoms with Crippen molar-refractivity contribution in [2.75, 3.05) is 7.11 Å². The summed E-state index contributed by atoms with van der Waals surface area (Å²) in [7, 11) is 1.53. The van der Waals surface area contributed by atoms with Crippen molar-refractivity contribution >= 4 is 0 Å². The van der Waals surface area contributed by atoms with E-state index in [9.17, 15) is 9.50 Å². The predicted molar refractivity (Wildman–Crippen MR) is 75.8 cm³/mol. The molecule has 0 saturated heterocycles. The topological polar surface area (TPSA) is 29.5 Å². The van der Waals surface area contributed by atoms with E-state index in [0.717, 1.165) is 6.42 Å². The Hall–Kier alpha value is -1.09.